The molecule has 2 aromatic carbocycles. The van der Waals surface area contributed by atoms with E-state index in [0.717, 1.165) is 65.9 Å². The van der Waals surface area contributed by atoms with Gasteiger partial charge in [-0.2, -0.15) is 5.10 Å². The number of ether oxygens (including phenoxy) is 1. The van der Waals surface area contributed by atoms with Crippen molar-refractivity contribution in [1.82, 2.24) is 25.0 Å². The summed E-state index contributed by atoms with van der Waals surface area (Å²) in [7, 11) is 0. The molecule has 2 unspecified atom stereocenters. The molecular formula is C26H28N8O. The summed E-state index contributed by atoms with van der Waals surface area (Å²) >= 11 is 0. The van der Waals surface area contributed by atoms with Crippen LogP contribution in [0.5, 0.6) is 0 Å². The number of amidine groups is 1. The van der Waals surface area contributed by atoms with Crippen molar-refractivity contribution < 1.29 is 4.74 Å². The van der Waals surface area contributed by atoms with Gasteiger partial charge in [0, 0.05) is 55.1 Å². The zero-order chi connectivity index (χ0) is 23.8. The molecule has 5 N–H and O–H groups in total. The molecule has 9 heteroatoms. The maximum Gasteiger partial charge on any atom is 0.149 e. The van der Waals surface area contributed by atoms with Crippen molar-refractivity contribution >= 4 is 23.1 Å². The second-order valence-corrected chi connectivity index (χ2v) is 9.01. The van der Waals surface area contributed by atoms with Gasteiger partial charge in [-0.3, -0.25) is 10.3 Å². The number of aromatic amines is 1. The molecule has 9 nitrogen and oxygen atoms in total. The van der Waals surface area contributed by atoms with Gasteiger partial charge in [-0.05, 0) is 29.8 Å². The molecule has 0 amide bonds. The predicted molar refractivity (Wildman–Crippen MR) is 137 cm³/mol. The van der Waals surface area contributed by atoms with Gasteiger partial charge in [0.25, 0.3) is 0 Å². The van der Waals surface area contributed by atoms with Crippen molar-refractivity contribution in [2.24, 2.45) is 10.7 Å². The van der Waals surface area contributed by atoms with E-state index in [-0.39, 0.29) is 11.9 Å². The van der Waals surface area contributed by atoms with Crippen LogP contribution in [0.1, 0.15) is 17.5 Å². The third kappa shape index (κ3) is 4.14. The van der Waals surface area contributed by atoms with Crippen molar-refractivity contribution in [3.63, 3.8) is 0 Å². The number of piperazine rings is 1. The number of nitrogens with one attached hydrogen (secondary N) is 3. The summed E-state index contributed by atoms with van der Waals surface area (Å²) < 4.78 is 8.14. The molecule has 4 aromatic rings. The molecule has 2 fully saturated rings. The molecule has 2 aromatic heterocycles. The largest absolute Gasteiger partial charge is 0.382 e. The highest BCUT2D eigenvalue weighted by atomic mass is 16.5. The first kappa shape index (κ1) is 21.7. The third-order valence-corrected chi connectivity index (χ3v) is 6.85. The monoisotopic (exact) mass is 468 g/mol. The lowest BCUT2D eigenvalue weighted by molar-refractivity contribution is -0.0732. The van der Waals surface area contributed by atoms with Crippen LogP contribution in [-0.2, 0) is 4.74 Å². The first-order valence-corrected chi connectivity index (χ1v) is 11.9. The van der Waals surface area contributed by atoms with Crippen LogP contribution >= 0.6 is 0 Å². The molecule has 0 saturated carbocycles. The van der Waals surface area contributed by atoms with Crippen LogP contribution in [0.2, 0.25) is 0 Å². The highest BCUT2D eigenvalue weighted by molar-refractivity contribution is 6.05. The Bertz CT molecular complexity index is 1390. The van der Waals surface area contributed by atoms with Gasteiger partial charge in [0.2, 0.25) is 0 Å². The first-order valence-electron chi connectivity index (χ1n) is 11.9. The van der Waals surface area contributed by atoms with Crippen LogP contribution in [0.4, 0.5) is 0 Å². The summed E-state index contributed by atoms with van der Waals surface area (Å²) in [6.45, 7) is 4.49. The molecular weight excluding hydrogens is 440 g/mol. The van der Waals surface area contributed by atoms with Gasteiger partial charge < -0.3 is 20.8 Å². The molecule has 4 heterocycles. The van der Waals surface area contributed by atoms with E-state index in [1.165, 1.54) is 0 Å². The fraction of sp³-hybridized carbons (Fsp3) is 0.269. The van der Waals surface area contributed by atoms with Crippen LogP contribution in [0.3, 0.4) is 0 Å². The van der Waals surface area contributed by atoms with E-state index in [0.29, 0.717) is 18.3 Å². The zero-order valence-electron chi connectivity index (χ0n) is 19.3. The van der Waals surface area contributed by atoms with Crippen LogP contribution < -0.4 is 11.1 Å². The molecule has 2 aliphatic rings. The summed E-state index contributed by atoms with van der Waals surface area (Å²) in [5.74, 6) is 0.270. The van der Waals surface area contributed by atoms with Gasteiger partial charge in [-0.1, -0.05) is 30.3 Å². The van der Waals surface area contributed by atoms with Crippen LogP contribution in [-0.4, -0.2) is 70.7 Å². The second-order valence-electron chi connectivity index (χ2n) is 9.01. The van der Waals surface area contributed by atoms with Gasteiger partial charge in [0.15, 0.2) is 0 Å². The van der Waals surface area contributed by atoms with E-state index >= 15 is 0 Å². The van der Waals surface area contributed by atoms with Crippen molar-refractivity contribution in [2.45, 2.75) is 12.1 Å². The molecule has 0 spiro atoms. The van der Waals surface area contributed by atoms with E-state index in [2.05, 4.69) is 44.5 Å². The number of nitrogens with two attached hydrogens (primary N) is 1. The number of aliphatic imine (C=N–C) groups is 1. The predicted octanol–water partition coefficient (Wildman–Crippen LogP) is 2.68. The molecule has 0 aliphatic carbocycles. The molecule has 2 aliphatic heterocycles. The Morgan fingerprint density at radius 2 is 2.09 bits per heavy atom. The number of fused-ring (bicyclic) bond motifs is 2. The fourth-order valence-corrected chi connectivity index (χ4v) is 5.00. The number of hydrogen-bond donors (Lipinski definition) is 4. The Morgan fingerprint density at radius 1 is 1.20 bits per heavy atom. The first-order chi connectivity index (χ1) is 17.2. The molecule has 35 heavy (non-hydrogen) atoms. The lowest BCUT2D eigenvalue weighted by atomic mass is 10.0. The number of H-pyrrole nitrogens is 1. The molecule has 0 bridgehead atoms. The summed E-state index contributed by atoms with van der Waals surface area (Å²) in [6, 6.07) is 18.8. The van der Waals surface area contributed by atoms with E-state index in [1.54, 1.807) is 0 Å². The molecule has 178 valence electrons. The minimum atomic E-state index is -0.0781. The van der Waals surface area contributed by atoms with Crippen LogP contribution in [0.15, 0.2) is 65.8 Å². The summed E-state index contributed by atoms with van der Waals surface area (Å²) in [5, 5.41) is 16.7. The van der Waals surface area contributed by atoms with Gasteiger partial charge in [-0.25, -0.2) is 9.67 Å². The Balaban J connectivity index is 1.37. The fourth-order valence-electron chi connectivity index (χ4n) is 5.00. The van der Waals surface area contributed by atoms with Gasteiger partial charge >= 0.3 is 0 Å². The number of aromatic nitrogens is 3. The van der Waals surface area contributed by atoms with E-state index < -0.39 is 0 Å². The van der Waals surface area contributed by atoms with Crippen molar-refractivity contribution in [2.75, 3.05) is 32.8 Å². The van der Waals surface area contributed by atoms with Gasteiger partial charge in [-0.15, -0.1) is 0 Å². The summed E-state index contributed by atoms with van der Waals surface area (Å²) in [5.41, 5.74) is 11.7. The highest BCUT2D eigenvalue weighted by Gasteiger charge is 2.32. The van der Waals surface area contributed by atoms with Crippen molar-refractivity contribution in [1.29, 1.82) is 5.41 Å². The number of nitrogens with zero attached hydrogens (tertiary/aromatic N) is 4. The van der Waals surface area contributed by atoms with Crippen molar-refractivity contribution in [3.8, 4) is 16.8 Å². The molecule has 2 saturated heterocycles. The van der Waals surface area contributed by atoms with Crippen LogP contribution in [0.25, 0.3) is 27.7 Å². The average Bonchev–Trinajstić information content (AvgIpc) is 3.54. The minimum absolute atomic E-state index is 0.0781. The number of benzene rings is 2. The Hall–Kier alpha value is -3.79. The van der Waals surface area contributed by atoms with Gasteiger partial charge in [0.1, 0.15) is 18.3 Å². The van der Waals surface area contributed by atoms with Crippen LogP contribution in [0, 0.1) is 5.41 Å². The highest BCUT2D eigenvalue weighted by Crippen LogP contribution is 2.33. The lowest BCUT2D eigenvalue weighted by Crippen LogP contribution is -2.57. The number of morpholine rings is 1. The quantitative estimate of drug-likeness (QED) is 0.265. The smallest absolute Gasteiger partial charge is 0.149 e. The maximum atomic E-state index is 7.40. The Labute approximate surface area is 203 Å². The number of hydrogen-bond acceptors (Lipinski definition) is 5. The molecule has 0 radical (unpaired) electrons. The maximum absolute atomic E-state index is 7.40. The standard InChI is InChI=1S/C26H28N8O/c27-16-30-26(28)25-21(11-23(31-25)24-14-33-9-8-29-12-20(33)15-35-24)17-6-7-18-13-34(32-22(18)10-17)19-4-2-1-3-5-19/h1-7,10-11,13,16,20,24,29,31H,8-9,12,14-15H2,(H3,27,28,30). The normalized spacial score (nSPS) is 21.2. The summed E-state index contributed by atoms with van der Waals surface area (Å²) in [6.07, 6.45) is 2.92. The van der Waals surface area contributed by atoms with E-state index in [4.69, 9.17) is 21.0 Å². The SMILES string of the molecule is N=CN=C(N)c1[nH]c(C2CN3CCNCC3CO2)cc1-c1ccc2cn(-c3ccccc3)nc2c1. The van der Waals surface area contributed by atoms with Crippen molar-refractivity contribution in [3.05, 3.63) is 72.2 Å². The second kappa shape index (κ2) is 9.10. The Morgan fingerprint density at radius 3 is 2.94 bits per heavy atom. The van der Waals surface area contributed by atoms with E-state index in [1.807, 2.05) is 41.2 Å². The van der Waals surface area contributed by atoms with E-state index in [9.17, 15) is 0 Å². The topological polar surface area (TPSA) is 120 Å². The molecule has 6 rings (SSSR count). The number of rotatable bonds is 5. The summed E-state index contributed by atoms with van der Waals surface area (Å²) in [4.78, 5) is 9.98. The average molecular weight is 469 g/mol. The Kier molecular flexibility index (Phi) is 5.65. The third-order valence-electron chi connectivity index (χ3n) is 6.85. The minimum Gasteiger partial charge on any atom is -0.382 e. The number of para-hydroxylation sites is 1. The van der Waals surface area contributed by atoms with Gasteiger partial charge in [0.05, 0.1) is 23.5 Å². The molecule has 2 atom stereocenters. The lowest BCUT2D eigenvalue weighted by Gasteiger charge is -2.42. The zero-order valence-corrected chi connectivity index (χ0v) is 19.3.